The first-order chi connectivity index (χ1) is 5.52. The number of hydrogen-bond donors (Lipinski definition) is 1. The summed E-state index contributed by atoms with van der Waals surface area (Å²) in [5.41, 5.74) is 0. The van der Waals surface area contributed by atoms with Crippen LogP contribution in [0, 0.1) is 0 Å². The molecule has 13 heavy (non-hydrogen) atoms. The third-order valence-electron chi connectivity index (χ3n) is 0.623. The zero-order chi connectivity index (χ0) is 9.56. The third-order valence-corrected chi connectivity index (χ3v) is 0.623. The second-order valence-corrected chi connectivity index (χ2v) is 1.66. The topological polar surface area (TPSA) is 113 Å². The number of carbonyl (C=O) groups is 3. The zero-order valence-electron chi connectivity index (χ0n) is 6.81. The van der Waals surface area contributed by atoms with Crippen LogP contribution in [0.15, 0.2) is 0 Å². The largest absolute Gasteiger partial charge is 1.00 e. The maximum absolute atomic E-state index is 10.3. The molecular weight excluding hydrogens is 211 g/mol. The molecule has 0 aromatic heterocycles. The van der Waals surface area contributed by atoms with Crippen LogP contribution in [0.5, 0.6) is 0 Å². The fraction of sp³-hybridized carbons (Fsp3) is 0.400. The van der Waals surface area contributed by atoms with E-state index < -0.39 is 30.9 Å². The van der Waals surface area contributed by atoms with Crippen molar-refractivity contribution in [3.8, 4) is 0 Å². The van der Waals surface area contributed by atoms with E-state index in [2.05, 4.69) is 9.78 Å². The van der Waals surface area contributed by atoms with Gasteiger partial charge >= 0.3 is 63.3 Å². The summed E-state index contributed by atoms with van der Waals surface area (Å²) in [6.07, 6.45) is -0.973. The van der Waals surface area contributed by atoms with Crippen molar-refractivity contribution in [3.63, 3.8) is 0 Å². The Kier molecular flexibility index (Phi) is 10.2. The summed E-state index contributed by atoms with van der Waals surface area (Å²) >= 11 is 0. The Bertz CT molecular complexity index is 201. The van der Waals surface area contributed by atoms with Crippen molar-refractivity contribution < 1.29 is 85.8 Å². The molecule has 0 heterocycles. The van der Waals surface area contributed by atoms with Gasteiger partial charge in [-0.2, -0.15) is 4.89 Å². The molecule has 0 aliphatic heterocycles. The van der Waals surface area contributed by atoms with Crippen LogP contribution in [0.25, 0.3) is 0 Å². The van der Waals surface area contributed by atoms with Crippen molar-refractivity contribution in [3.05, 3.63) is 0 Å². The first-order valence-corrected chi connectivity index (χ1v) is 2.76. The summed E-state index contributed by atoms with van der Waals surface area (Å²) in [5, 5.41) is 17.7. The molecule has 0 saturated carbocycles. The first-order valence-electron chi connectivity index (χ1n) is 2.76. The summed E-state index contributed by atoms with van der Waals surface area (Å²) in [4.78, 5) is 37.3. The molecule has 0 rings (SSSR count). The quantitative estimate of drug-likeness (QED) is 0.211. The van der Waals surface area contributed by atoms with Gasteiger partial charge in [-0.15, -0.1) is 0 Å². The Morgan fingerprint density at radius 2 is 1.85 bits per heavy atom. The van der Waals surface area contributed by atoms with Crippen LogP contribution in [0.2, 0.25) is 0 Å². The van der Waals surface area contributed by atoms with Gasteiger partial charge < -0.3 is 15.0 Å². The van der Waals surface area contributed by atoms with Gasteiger partial charge in [0.25, 0.3) is 0 Å². The molecule has 0 fully saturated rings. The standard InChI is InChI=1S/C5H6O7.K/c6-3(7)1-5(10)12-11-2-4(8)9;/h1-2H2,(H,6,7)(H,8,9);/q;+1/p-1. The van der Waals surface area contributed by atoms with Gasteiger partial charge in [0.1, 0.15) is 0 Å². The molecule has 0 saturated heterocycles. The molecule has 1 N–H and O–H groups in total. The Balaban J connectivity index is 0. The van der Waals surface area contributed by atoms with E-state index in [-0.39, 0.29) is 51.4 Å². The summed E-state index contributed by atoms with van der Waals surface area (Å²) in [6, 6.07) is 0. The number of hydrogen-bond acceptors (Lipinski definition) is 6. The van der Waals surface area contributed by atoms with E-state index in [1.165, 1.54) is 0 Å². The number of rotatable bonds is 5. The molecule has 0 unspecified atom stereocenters. The van der Waals surface area contributed by atoms with Gasteiger partial charge in [0, 0.05) is 0 Å². The minimum atomic E-state index is -1.63. The van der Waals surface area contributed by atoms with Gasteiger partial charge in [-0.05, 0) is 0 Å². The van der Waals surface area contributed by atoms with E-state index in [9.17, 15) is 19.5 Å². The van der Waals surface area contributed by atoms with Crippen molar-refractivity contribution in [1.82, 2.24) is 0 Å². The minimum Gasteiger partial charge on any atom is -0.550 e. The Morgan fingerprint density at radius 3 is 2.23 bits per heavy atom. The molecule has 0 aliphatic carbocycles. The van der Waals surface area contributed by atoms with E-state index >= 15 is 0 Å². The van der Waals surface area contributed by atoms with Crippen molar-refractivity contribution in [2.45, 2.75) is 6.42 Å². The normalized spacial score (nSPS) is 8.31. The Morgan fingerprint density at radius 1 is 1.31 bits per heavy atom. The molecule has 0 aromatic carbocycles. The second-order valence-electron chi connectivity index (χ2n) is 1.66. The molecule has 0 bridgehead atoms. The van der Waals surface area contributed by atoms with E-state index in [0.717, 1.165) is 0 Å². The van der Waals surface area contributed by atoms with Crippen LogP contribution in [0.1, 0.15) is 6.42 Å². The van der Waals surface area contributed by atoms with Gasteiger partial charge in [0.15, 0.2) is 6.61 Å². The molecule has 0 atom stereocenters. The van der Waals surface area contributed by atoms with Gasteiger partial charge in [0.05, 0.1) is 12.4 Å². The SMILES string of the molecule is O=C([O-])CC(=O)OOCC(=O)O.[K+]. The average Bonchev–Trinajstić information content (AvgIpc) is 1.84. The molecule has 0 aliphatic rings. The maximum Gasteiger partial charge on any atom is 1.00 e. The monoisotopic (exact) mass is 216 g/mol. The number of carbonyl (C=O) groups excluding carboxylic acids is 2. The number of carboxylic acid groups (broad SMARTS) is 2. The van der Waals surface area contributed by atoms with E-state index in [4.69, 9.17) is 5.11 Å². The number of aliphatic carboxylic acids is 2. The van der Waals surface area contributed by atoms with Crippen LogP contribution in [0.4, 0.5) is 0 Å². The van der Waals surface area contributed by atoms with Crippen LogP contribution in [-0.2, 0) is 24.2 Å². The smallest absolute Gasteiger partial charge is 0.550 e. The Labute approximate surface area is 115 Å². The summed E-state index contributed by atoms with van der Waals surface area (Å²) in [5.74, 6) is -4.17. The fourth-order valence-corrected chi connectivity index (χ4v) is 0.293. The second kappa shape index (κ2) is 8.60. The first kappa shape index (κ1) is 15.5. The van der Waals surface area contributed by atoms with Gasteiger partial charge in [-0.3, -0.25) is 4.89 Å². The van der Waals surface area contributed by atoms with E-state index in [1.54, 1.807) is 0 Å². The molecule has 0 aromatic rings. The van der Waals surface area contributed by atoms with Crippen LogP contribution in [0.3, 0.4) is 0 Å². The van der Waals surface area contributed by atoms with E-state index in [1.807, 2.05) is 0 Å². The molecule has 0 spiro atoms. The summed E-state index contributed by atoms with van der Waals surface area (Å²) < 4.78 is 0. The maximum atomic E-state index is 10.3. The van der Waals surface area contributed by atoms with Crippen molar-refractivity contribution in [2.75, 3.05) is 6.61 Å². The molecule has 7 nitrogen and oxygen atoms in total. The predicted octanol–water partition coefficient (Wildman–Crippen LogP) is -5.31. The van der Waals surface area contributed by atoms with Crippen LogP contribution < -0.4 is 56.5 Å². The average molecular weight is 216 g/mol. The molecule has 0 radical (unpaired) electrons. The fourth-order valence-electron chi connectivity index (χ4n) is 0.293. The van der Waals surface area contributed by atoms with Crippen molar-refractivity contribution in [2.24, 2.45) is 0 Å². The van der Waals surface area contributed by atoms with Crippen LogP contribution >= 0.6 is 0 Å². The Hall–Kier alpha value is 0.00636. The minimum absolute atomic E-state index is 0. The van der Waals surface area contributed by atoms with E-state index in [0.29, 0.717) is 0 Å². The molecular formula is C5H5KO7. The predicted molar refractivity (Wildman–Crippen MR) is 29.3 cm³/mol. The summed E-state index contributed by atoms with van der Waals surface area (Å²) in [6.45, 7) is -0.835. The van der Waals surface area contributed by atoms with Crippen molar-refractivity contribution in [1.29, 1.82) is 0 Å². The van der Waals surface area contributed by atoms with Gasteiger partial charge in [-0.25, -0.2) is 9.59 Å². The zero-order valence-corrected chi connectivity index (χ0v) is 9.93. The number of carboxylic acids is 2. The molecule has 68 valence electrons. The summed E-state index contributed by atoms with van der Waals surface area (Å²) in [7, 11) is 0. The van der Waals surface area contributed by atoms with Crippen molar-refractivity contribution >= 4 is 17.9 Å². The molecule has 8 heteroatoms. The third kappa shape index (κ3) is 12.0. The van der Waals surface area contributed by atoms with Gasteiger partial charge in [-0.1, -0.05) is 0 Å². The van der Waals surface area contributed by atoms with Crippen LogP contribution in [-0.4, -0.2) is 29.6 Å². The molecule has 0 amide bonds. The van der Waals surface area contributed by atoms with Gasteiger partial charge in [0.2, 0.25) is 0 Å².